The van der Waals surface area contributed by atoms with Gasteiger partial charge in [-0.05, 0) is 48.1 Å². The molecular formula is C29H31NO5. The highest BCUT2D eigenvalue weighted by Gasteiger charge is 2.39. The number of carboxylic acids is 1. The van der Waals surface area contributed by atoms with Gasteiger partial charge in [-0.3, -0.25) is 4.79 Å². The molecule has 0 radical (unpaired) electrons. The SMILES string of the molecule is O=C(O)CCCOc1cccc(CCCN2C(=O)OCC2C(c2ccccc2)c2ccccc2)c1. The number of carbonyl (C=O) groups excluding carboxylic acids is 1. The number of carboxylic acid groups (broad SMARTS) is 1. The van der Waals surface area contributed by atoms with Gasteiger partial charge in [0.05, 0.1) is 12.6 Å². The van der Waals surface area contributed by atoms with Gasteiger partial charge in [0.25, 0.3) is 0 Å². The Morgan fingerprint density at radius 2 is 1.66 bits per heavy atom. The molecule has 0 aromatic heterocycles. The van der Waals surface area contributed by atoms with E-state index >= 15 is 0 Å². The van der Waals surface area contributed by atoms with E-state index in [4.69, 9.17) is 14.6 Å². The molecule has 3 aromatic carbocycles. The van der Waals surface area contributed by atoms with E-state index in [0.717, 1.165) is 24.2 Å². The van der Waals surface area contributed by atoms with Crippen LogP contribution < -0.4 is 4.74 Å². The quantitative estimate of drug-likeness (QED) is 0.351. The first-order valence-corrected chi connectivity index (χ1v) is 12.1. The number of ether oxygens (including phenoxy) is 2. The molecule has 6 nitrogen and oxygen atoms in total. The molecule has 1 fully saturated rings. The molecular weight excluding hydrogens is 442 g/mol. The van der Waals surface area contributed by atoms with Crippen molar-refractivity contribution in [2.24, 2.45) is 0 Å². The number of amides is 1. The molecule has 35 heavy (non-hydrogen) atoms. The first kappa shape index (κ1) is 24.3. The second-order valence-corrected chi connectivity index (χ2v) is 8.73. The van der Waals surface area contributed by atoms with Gasteiger partial charge in [0.1, 0.15) is 12.4 Å². The van der Waals surface area contributed by atoms with Gasteiger partial charge < -0.3 is 19.5 Å². The molecule has 1 aliphatic rings. The van der Waals surface area contributed by atoms with E-state index in [-0.39, 0.29) is 24.5 Å². The van der Waals surface area contributed by atoms with Gasteiger partial charge in [-0.2, -0.15) is 0 Å². The third-order valence-corrected chi connectivity index (χ3v) is 6.28. The van der Waals surface area contributed by atoms with Crippen LogP contribution in [0.25, 0.3) is 0 Å². The predicted octanol–water partition coefficient (Wildman–Crippen LogP) is 5.52. The summed E-state index contributed by atoms with van der Waals surface area (Å²) in [7, 11) is 0. The zero-order valence-corrected chi connectivity index (χ0v) is 19.7. The largest absolute Gasteiger partial charge is 0.494 e. The van der Waals surface area contributed by atoms with Crippen LogP contribution in [0.4, 0.5) is 4.79 Å². The Bertz CT molecular complexity index is 1060. The maximum absolute atomic E-state index is 12.7. The number of aryl methyl sites for hydroxylation is 1. The average Bonchev–Trinajstić information content (AvgIpc) is 3.23. The highest BCUT2D eigenvalue weighted by molar-refractivity contribution is 5.70. The molecule has 1 N–H and O–H groups in total. The van der Waals surface area contributed by atoms with Crippen LogP contribution in [0.3, 0.4) is 0 Å². The van der Waals surface area contributed by atoms with E-state index in [1.54, 1.807) is 0 Å². The molecule has 1 unspecified atom stereocenters. The fourth-order valence-corrected chi connectivity index (χ4v) is 4.61. The van der Waals surface area contributed by atoms with Crippen LogP contribution in [-0.4, -0.2) is 47.9 Å². The van der Waals surface area contributed by atoms with Crippen LogP contribution in [0.5, 0.6) is 5.75 Å². The topological polar surface area (TPSA) is 76.1 Å². The van der Waals surface area contributed by atoms with Gasteiger partial charge >= 0.3 is 12.1 Å². The molecule has 6 heteroatoms. The van der Waals surface area contributed by atoms with Crippen molar-refractivity contribution in [2.75, 3.05) is 19.8 Å². The maximum atomic E-state index is 12.7. The van der Waals surface area contributed by atoms with Crippen LogP contribution in [0.1, 0.15) is 41.9 Å². The van der Waals surface area contributed by atoms with Crippen molar-refractivity contribution in [1.82, 2.24) is 4.90 Å². The van der Waals surface area contributed by atoms with Crippen molar-refractivity contribution in [1.29, 1.82) is 0 Å². The van der Waals surface area contributed by atoms with E-state index in [2.05, 4.69) is 24.3 Å². The summed E-state index contributed by atoms with van der Waals surface area (Å²) in [6.07, 6.45) is 1.90. The molecule has 0 bridgehead atoms. The summed E-state index contributed by atoms with van der Waals surface area (Å²) < 4.78 is 11.2. The molecule has 1 heterocycles. The van der Waals surface area contributed by atoms with Crippen molar-refractivity contribution >= 4 is 12.1 Å². The summed E-state index contributed by atoms with van der Waals surface area (Å²) in [4.78, 5) is 25.2. The molecule has 3 aromatic rings. The fraction of sp³-hybridized carbons (Fsp3) is 0.310. The molecule has 0 saturated carbocycles. The van der Waals surface area contributed by atoms with Gasteiger partial charge in [0.2, 0.25) is 0 Å². The lowest BCUT2D eigenvalue weighted by Gasteiger charge is -2.30. The van der Waals surface area contributed by atoms with Crippen molar-refractivity contribution in [3.8, 4) is 5.75 Å². The number of rotatable bonds is 12. The molecule has 1 amide bonds. The highest BCUT2D eigenvalue weighted by Crippen LogP contribution is 2.34. The van der Waals surface area contributed by atoms with Gasteiger partial charge in [-0.15, -0.1) is 0 Å². The summed E-state index contributed by atoms with van der Waals surface area (Å²) in [5.74, 6) is -0.0474. The summed E-state index contributed by atoms with van der Waals surface area (Å²) in [5, 5.41) is 8.75. The van der Waals surface area contributed by atoms with Crippen molar-refractivity contribution in [2.45, 2.75) is 37.6 Å². The minimum Gasteiger partial charge on any atom is -0.494 e. The third-order valence-electron chi connectivity index (χ3n) is 6.28. The molecule has 182 valence electrons. The van der Waals surface area contributed by atoms with Gasteiger partial charge in [-0.1, -0.05) is 72.8 Å². The Labute approximate surface area is 206 Å². The van der Waals surface area contributed by atoms with Gasteiger partial charge in [0, 0.05) is 18.9 Å². The number of hydrogen-bond donors (Lipinski definition) is 1. The number of nitrogens with zero attached hydrogens (tertiary/aromatic N) is 1. The fourth-order valence-electron chi connectivity index (χ4n) is 4.61. The minimum atomic E-state index is -0.817. The Balaban J connectivity index is 1.40. The highest BCUT2D eigenvalue weighted by atomic mass is 16.6. The number of benzene rings is 3. The molecule has 0 spiro atoms. The van der Waals surface area contributed by atoms with E-state index in [1.165, 1.54) is 11.1 Å². The first-order chi connectivity index (χ1) is 17.1. The van der Waals surface area contributed by atoms with Crippen molar-refractivity contribution in [3.05, 3.63) is 102 Å². The Morgan fingerprint density at radius 1 is 0.971 bits per heavy atom. The van der Waals surface area contributed by atoms with Crippen LogP contribution in [0.2, 0.25) is 0 Å². The van der Waals surface area contributed by atoms with Crippen LogP contribution in [-0.2, 0) is 16.0 Å². The predicted molar refractivity (Wildman–Crippen MR) is 134 cm³/mol. The molecule has 1 atom stereocenters. The standard InChI is InChI=1S/C29H31NO5/c31-27(32)17-9-19-34-25-16-7-10-22(20-25)11-8-18-30-26(21-35-29(30)33)28(23-12-3-1-4-13-23)24-14-5-2-6-15-24/h1-7,10,12-16,20,26,28H,8-9,11,17-19,21H2,(H,31,32). The lowest BCUT2D eigenvalue weighted by atomic mass is 9.85. The first-order valence-electron chi connectivity index (χ1n) is 12.1. The Kier molecular flexibility index (Phi) is 8.39. The average molecular weight is 474 g/mol. The lowest BCUT2D eigenvalue weighted by Crippen LogP contribution is -2.39. The zero-order valence-electron chi connectivity index (χ0n) is 19.7. The van der Waals surface area contributed by atoms with Crippen molar-refractivity contribution in [3.63, 3.8) is 0 Å². The molecule has 0 aliphatic carbocycles. The van der Waals surface area contributed by atoms with Gasteiger partial charge in [0.15, 0.2) is 0 Å². The number of cyclic esters (lactones) is 1. The molecule has 4 rings (SSSR count). The number of aliphatic carboxylic acids is 1. The normalized spacial score (nSPS) is 15.3. The number of hydrogen-bond acceptors (Lipinski definition) is 4. The Morgan fingerprint density at radius 3 is 2.31 bits per heavy atom. The van der Waals surface area contributed by atoms with E-state index < -0.39 is 5.97 Å². The number of carbonyl (C=O) groups is 2. The smallest absolute Gasteiger partial charge is 0.410 e. The van der Waals surface area contributed by atoms with Gasteiger partial charge in [-0.25, -0.2) is 4.79 Å². The van der Waals surface area contributed by atoms with E-state index in [0.29, 0.717) is 26.2 Å². The van der Waals surface area contributed by atoms with Crippen molar-refractivity contribution < 1.29 is 24.2 Å². The second kappa shape index (κ2) is 12.1. The van der Waals surface area contributed by atoms with E-state index in [9.17, 15) is 9.59 Å². The molecule has 1 saturated heterocycles. The summed E-state index contributed by atoms with van der Waals surface area (Å²) in [6, 6.07) is 28.4. The lowest BCUT2D eigenvalue weighted by molar-refractivity contribution is -0.137. The van der Waals surface area contributed by atoms with E-state index in [1.807, 2.05) is 65.6 Å². The molecule has 1 aliphatic heterocycles. The van der Waals surface area contributed by atoms with Crippen LogP contribution in [0, 0.1) is 0 Å². The minimum absolute atomic E-state index is 0.0337. The summed E-state index contributed by atoms with van der Waals surface area (Å²) >= 11 is 0. The summed E-state index contributed by atoms with van der Waals surface area (Å²) in [6.45, 7) is 1.34. The second-order valence-electron chi connectivity index (χ2n) is 8.73. The maximum Gasteiger partial charge on any atom is 0.410 e. The monoisotopic (exact) mass is 473 g/mol. The summed E-state index contributed by atoms with van der Waals surface area (Å²) in [5.41, 5.74) is 3.45. The van der Waals surface area contributed by atoms with Crippen LogP contribution in [0.15, 0.2) is 84.9 Å². The Hall–Kier alpha value is -3.80. The third kappa shape index (κ3) is 6.63. The zero-order chi connectivity index (χ0) is 24.5. The van der Waals surface area contributed by atoms with Crippen LogP contribution >= 0.6 is 0 Å².